The highest BCUT2D eigenvalue weighted by Gasteiger charge is 2.15. The van der Waals surface area contributed by atoms with Crippen molar-refractivity contribution in [2.75, 3.05) is 14.2 Å². The zero-order chi connectivity index (χ0) is 19.1. The standard InChI is InChI=1S/C22H29NO3/c1-6-19(18-10-11-20(25-4)21(14-18)26-5)23-22(24)12-9-17-8-7-15(2)16(3)13-17/h7-8,10-11,13-14,19H,6,9,12H2,1-5H3,(H,23,24)/t19-/m1/s1. The molecule has 2 rings (SSSR count). The summed E-state index contributed by atoms with van der Waals surface area (Å²) in [6.07, 6.45) is 2.03. The van der Waals surface area contributed by atoms with E-state index in [1.807, 2.05) is 18.2 Å². The maximum absolute atomic E-state index is 12.4. The average molecular weight is 355 g/mol. The Bertz CT molecular complexity index is 755. The lowest BCUT2D eigenvalue weighted by atomic mass is 10.0. The fraction of sp³-hybridized carbons (Fsp3) is 0.409. The number of ether oxygens (including phenoxy) is 2. The molecule has 4 heteroatoms. The fourth-order valence-electron chi connectivity index (χ4n) is 2.97. The second kappa shape index (κ2) is 9.27. The summed E-state index contributed by atoms with van der Waals surface area (Å²) in [5, 5.41) is 3.13. The van der Waals surface area contributed by atoms with Crippen molar-refractivity contribution in [2.24, 2.45) is 0 Å². The van der Waals surface area contributed by atoms with Gasteiger partial charge in [-0.05, 0) is 61.1 Å². The first-order chi connectivity index (χ1) is 12.5. The molecule has 1 amide bonds. The first-order valence-electron chi connectivity index (χ1n) is 9.05. The van der Waals surface area contributed by atoms with Crippen LogP contribution in [0, 0.1) is 13.8 Å². The Labute approximate surface area is 156 Å². The van der Waals surface area contributed by atoms with E-state index >= 15 is 0 Å². The second-order valence-electron chi connectivity index (χ2n) is 6.56. The summed E-state index contributed by atoms with van der Waals surface area (Å²) in [7, 11) is 3.23. The van der Waals surface area contributed by atoms with Gasteiger partial charge in [-0.1, -0.05) is 31.2 Å². The summed E-state index contributed by atoms with van der Waals surface area (Å²) < 4.78 is 10.6. The Kier molecular flexibility index (Phi) is 7.07. The van der Waals surface area contributed by atoms with Crippen LogP contribution in [0.25, 0.3) is 0 Å². The normalized spacial score (nSPS) is 11.7. The molecule has 1 atom stereocenters. The minimum absolute atomic E-state index is 0.0398. The molecule has 2 aromatic carbocycles. The first-order valence-corrected chi connectivity index (χ1v) is 9.05. The van der Waals surface area contributed by atoms with Crippen molar-refractivity contribution in [3.63, 3.8) is 0 Å². The van der Waals surface area contributed by atoms with Gasteiger partial charge in [0, 0.05) is 6.42 Å². The van der Waals surface area contributed by atoms with Crippen LogP contribution in [0.2, 0.25) is 0 Å². The van der Waals surface area contributed by atoms with Gasteiger partial charge in [0.1, 0.15) is 0 Å². The van der Waals surface area contributed by atoms with Crippen LogP contribution in [0.4, 0.5) is 0 Å². The summed E-state index contributed by atoms with van der Waals surface area (Å²) >= 11 is 0. The van der Waals surface area contributed by atoms with Crippen LogP contribution in [-0.2, 0) is 11.2 Å². The third-order valence-electron chi connectivity index (χ3n) is 4.77. The molecule has 0 saturated carbocycles. The highest BCUT2D eigenvalue weighted by atomic mass is 16.5. The number of carbonyl (C=O) groups is 1. The van der Waals surface area contributed by atoms with Gasteiger partial charge in [0.2, 0.25) is 5.91 Å². The van der Waals surface area contributed by atoms with Crippen LogP contribution in [0.15, 0.2) is 36.4 Å². The van der Waals surface area contributed by atoms with Crippen LogP contribution in [0.1, 0.15) is 48.1 Å². The molecule has 0 radical (unpaired) electrons. The third-order valence-corrected chi connectivity index (χ3v) is 4.77. The van der Waals surface area contributed by atoms with Crippen LogP contribution in [0.5, 0.6) is 11.5 Å². The lowest BCUT2D eigenvalue weighted by Crippen LogP contribution is -2.28. The Morgan fingerprint density at radius 3 is 2.35 bits per heavy atom. The average Bonchev–Trinajstić information content (AvgIpc) is 2.66. The lowest BCUT2D eigenvalue weighted by Gasteiger charge is -2.19. The van der Waals surface area contributed by atoms with E-state index in [1.54, 1.807) is 14.2 Å². The van der Waals surface area contributed by atoms with Crippen molar-refractivity contribution in [1.82, 2.24) is 5.32 Å². The maximum atomic E-state index is 12.4. The van der Waals surface area contributed by atoms with Crippen molar-refractivity contribution in [2.45, 2.75) is 46.1 Å². The Morgan fingerprint density at radius 2 is 1.73 bits per heavy atom. The molecule has 0 aliphatic heterocycles. The predicted molar refractivity (Wildman–Crippen MR) is 105 cm³/mol. The zero-order valence-electron chi connectivity index (χ0n) is 16.4. The van der Waals surface area contributed by atoms with Gasteiger partial charge >= 0.3 is 0 Å². The van der Waals surface area contributed by atoms with Gasteiger partial charge in [0.05, 0.1) is 20.3 Å². The topological polar surface area (TPSA) is 47.6 Å². The van der Waals surface area contributed by atoms with E-state index in [0.717, 1.165) is 18.4 Å². The molecule has 0 aromatic heterocycles. The quantitative estimate of drug-likeness (QED) is 0.757. The Balaban J connectivity index is 2.00. The third kappa shape index (κ3) is 5.01. The second-order valence-corrected chi connectivity index (χ2v) is 6.56. The number of benzene rings is 2. The van der Waals surface area contributed by atoms with E-state index in [4.69, 9.17) is 9.47 Å². The van der Waals surface area contributed by atoms with Crippen molar-refractivity contribution in [1.29, 1.82) is 0 Å². The molecule has 140 valence electrons. The van der Waals surface area contributed by atoms with Crippen LogP contribution in [0.3, 0.4) is 0 Å². The Morgan fingerprint density at radius 1 is 1.00 bits per heavy atom. The summed E-state index contributed by atoms with van der Waals surface area (Å²) in [4.78, 5) is 12.4. The van der Waals surface area contributed by atoms with Crippen molar-refractivity contribution in [3.8, 4) is 11.5 Å². The smallest absolute Gasteiger partial charge is 0.220 e. The number of amides is 1. The van der Waals surface area contributed by atoms with Gasteiger partial charge in [-0.25, -0.2) is 0 Å². The molecule has 0 bridgehead atoms. The molecule has 0 spiro atoms. The van der Waals surface area contributed by atoms with E-state index < -0.39 is 0 Å². The summed E-state index contributed by atoms with van der Waals surface area (Å²) in [6, 6.07) is 12.1. The molecule has 0 aliphatic carbocycles. The molecule has 0 heterocycles. The van der Waals surface area contributed by atoms with Crippen molar-refractivity contribution < 1.29 is 14.3 Å². The molecule has 1 N–H and O–H groups in total. The van der Waals surface area contributed by atoms with E-state index in [9.17, 15) is 4.79 Å². The monoisotopic (exact) mass is 355 g/mol. The minimum atomic E-state index is -0.0398. The van der Waals surface area contributed by atoms with Gasteiger partial charge in [0.15, 0.2) is 11.5 Å². The number of hydrogen-bond donors (Lipinski definition) is 1. The molecular formula is C22H29NO3. The molecule has 0 aliphatic rings. The SMILES string of the molecule is CC[C@@H](NC(=O)CCc1ccc(C)c(C)c1)c1ccc(OC)c(OC)c1. The Hall–Kier alpha value is -2.49. The summed E-state index contributed by atoms with van der Waals surface area (Å²) in [5.41, 5.74) is 4.75. The highest BCUT2D eigenvalue weighted by Crippen LogP contribution is 2.30. The highest BCUT2D eigenvalue weighted by molar-refractivity contribution is 5.76. The van der Waals surface area contributed by atoms with Gasteiger partial charge in [-0.2, -0.15) is 0 Å². The van der Waals surface area contributed by atoms with Gasteiger partial charge in [-0.15, -0.1) is 0 Å². The van der Waals surface area contributed by atoms with Gasteiger partial charge in [-0.3, -0.25) is 4.79 Å². The van der Waals surface area contributed by atoms with E-state index in [-0.39, 0.29) is 11.9 Å². The largest absolute Gasteiger partial charge is 0.493 e. The van der Waals surface area contributed by atoms with E-state index in [0.29, 0.717) is 17.9 Å². The molecule has 26 heavy (non-hydrogen) atoms. The molecule has 0 unspecified atom stereocenters. The summed E-state index contributed by atoms with van der Waals surface area (Å²) in [6.45, 7) is 6.26. The first kappa shape index (κ1) is 19.8. The fourth-order valence-corrected chi connectivity index (χ4v) is 2.97. The number of methoxy groups -OCH3 is 2. The van der Waals surface area contributed by atoms with Crippen molar-refractivity contribution in [3.05, 3.63) is 58.7 Å². The number of rotatable bonds is 8. The van der Waals surface area contributed by atoms with Crippen LogP contribution < -0.4 is 14.8 Å². The van der Waals surface area contributed by atoms with Gasteiger partial charge < -0.3 is 14.8 Å². The van der Waals surface area contributed by atoms with Crippen LogP contribution in [-0.4, -0.2) is 20.1 Å². The van der Waals surface area contributed by atoms with Crippen LogP contribution >= 0.6 is 0 Å². The molecule has 2 aromatic rings. The molecule has 4 nitrogen and oxygen atoms in total. The number of hydrogen-bond acceptors (Lipinski definition) is 3. The molecule has 0 saturated heterocycles. The number of aryl methyl sites for hydroxylation is 3. The van der Waals surface area contributed by atoms with Crippen molar-refractivity contribution >= 4 is 5.91 Å². The van der Waals surface area contributed by atoms with E-state index in [2.05, 4.69) is 44.3 Å². The minimum Gasteiger partial charge on any atom is -0.493 e. The number of carbonyl (C=O) groups excluding carboxylic acids is 1. The summed E-state index contributed by atoms with van der Waals surface area (Å²) in [5.74, 6) is 1.42. The van der Waals surface area contributed by atoms with E-state index in [1.165, 1.54) is 16.7 Å². The number of nitrogens with one attached hydrogen (secondary N) is 1. The predicted octanol–water partition coefficient (Wildman–Crippen LogP) is 4.52. The molecule has 0 fully saturated rings. The maximum Gasteiger partial charge on any atom is 0.220 e. The zero-order valence-corrected chi connectivity index (χ0v) is 16.4. The molecular weight excluding hydrogens is 326 g/mol. The lowest BCUT2D eigenvalue weighted by molar-refractivity contribution is -0.121. The van der Waals surface area contributed by atoms with Gasteiger partial charge in [0.25, 0.3) is 0 Å².